The van der Waals surface area contributed by atoms with Gasteiger partial charge in [-0.15, -0.1) is 0 Å². The monoisotopic (exact) mass is 549 g/mol. The molecule has 0 atom stereocenters. The molecule has 5 nitrogen and oxygen atoms in total. The first-order valence-corrected chi connectivity index (χ1v) is 14.3. The fourth-order valence-corrected chi connectivity index (χ4v) is 5.11. The van der Waals surface area contributed by atoms with Crippen LogP contribution in [-0.4, -0.2) is 24.0 Å². The van der Waals surface area contributed by atoms with Crippen LogP contribution in [0.15, 0.2) is 103 Å². The summed E-state index contributed by atoms with van der Waals surface area (Å²) in [5.74, 6) is -0.245. The SMILES string of the molecule is CC(C)N(c1cccc(CCCc2cc(COC(=O)c3ccccc3)ccc2OC(=O)c2ccccc2)c1)C(C)C. The average molecular weight is 550 g/mol. The third kappa shape index (κ3) is 8.31. The molecule has 0 fully saturated rings. The number of hydrogen-bond acceptors (Lipinski definition) is 5. The van der Waals surface area contributed by atoms with Gasteiger partial charge < -0.3 is 14.4 Å². The molecule has 0 aliphatic carbocycles. The molecule has 0 N–H and O–H groups in total. The van der Waals surface area contributed by atoms with E-state index in [4.69, 9.17) is 9.47 Å². The molecule has 4 aromatic carbocycles. The standard InChI is InChI=1S/C36H39NO4/c1-26(2)37(27(3)4)33-20-12-14-28(24-33)13-11-19-32-23-29(25-40-35(38)30-15-7-5-8-16-30)21-22-34(32)41-36(39)31-17-9-6-10-18-31/h5-10,12,14-18,20-24,26-27H,11,13,19,25H2,1-4H3. The number of nitrogens with zero attached hydrogens (tertiary/aromatic N) is 1. The van der Waals surface area contributed by atoms with Crippen LogP contribution < -0.4 is 9.64 Å². The Labute approximate surface area is 243 Å². The van der Waals surface area contributed by atoms with Gasteiger partial charge in [0, 0.05) is 17.8 Å². The number of rotatable bonds is 12. The molecule has 0 aromatic heterocycles. The highest BCUT2D eigenvalue weighted by molar-refractivity contribution is 5.91. The van der Waals surface area contributed by atoms with E-state index in [1.54, 1.807) is 30.3 Å². The Balaban J connectivity index is 1.49. The van der Waals surface area contributed by atoms with Crippen molar-refractivity contribution in [2.24, 2.45) is 0 Å². The zero-order valence-corrected chi connectivity index (χ0v) is 24.4. The van der Waals surface area contributed by atoms with Gasteiger partial charge in [0.05, 0.1) is 11.1 Å². The van der Waals surface area contributed by atoms with Crippen molar-refractivity contribution in [1.82, 2.24) is 0 Å². The number of ether oxygens (including phenoxy) is 2. The van der Waals surface area contributed by atoms with Crippen molar-refractivity contribution in [3.8, 4) is 5.75 Å². The lowest BCUT2D eigenvalue weighted by atomic mass is 10.0. The summed E-state index contributed by atoms with van der Waals surface area (Å²) in [4.78, 5) is 27.7. The Morgan fingerprint density at radius 3 is 1.93 bits per heavy atom. The summed E-state index contributed by atoms with van der Waals surface area (Å²) < 4.78 is 11.4. The Morgan fingerprint density at radius 1 is 0.659 bits per heavy atom. The van der Waals surface area contributed by atoms with Gasteiger partial charge in [0.25, 0.3) is 0 Å². The highest BCUT2D eigenvalue weighted by Crippen LogP contribution is 2.26. The fourth-order valence-electron chi connectivity index (χ4n) is 5.11. The van der Waals surface area contributed by atoms with E-state index in [9.17, 15) is 9.59 Å². The summed E-state index contributed by atoms with van der Waals surface area (Å²) in [5, 5.41) is 0. The topological polar surface area (TPSA) is 55.8 Å². The van der Waals surface area contributed by atoms with Crippen LogP contribution in [0.2, 0.25) is 0 Å². The van der Waals surface area contributed by atoms with E-state index in [0.29, 0.717) is 35.4 Å². The Morgan fingerprint density at radius 2 is 1.29 bits per heavy atom. The number of carbonyl (C=O) groups excluding carboxylic acids is 2. The Bertz CT molecular complexity index is 1420. The predicted molar refractivity (Wildman–Crippen MR) is 165 cm³/mol. The third-order valence-corrected chi connectivity index (χ3v) is 6.95. The van der Waals surface area contributed by atoms with Crippen LogP contribution >= 0.6 is 0 Å². The smallest absolute Gasteiger partial charge is 0.343 e. The van der Waals surface area contributed by atoms with Gasteiger partial charge in [-0.25, -0.2) is 9.59 Å². The molecule has 0 saturated heterocycles. The predicted octanol–water partition coefficient (Wildman–Crippen LogP) is 8.06. The maximum atomic E-state index is 12.8. The second kappa shape index (κ2) is 14.3. The molecule has 41 heavy (non-hydrogen) atoms. The molecule has 0 unspecified atom stereocenters. The number of aryl methyl sites for hydroxylation is 2. The lowest BCUT2D eigenvalue weighted by Crippen LogP contribution is -2.36. The van der Waals surface area contributed by atoms with Gasteiger partial charge in [0.2, 0.25) is 0 Å². The molecule has 0 saturated carbocycles. The minimum Gasteiger partial charge on any atom is -0.457 e. The van der Waals surface area contributed by atoms with Gasteiger partial charge in [0.15, 0.2) is 0 Å². The molecule has 4 aromatic rings. The molecule has 0 bridgehead atoms. The Kier molecular flexibility index (Phi) is 10.3. The zero-order valence-electron chi connectivity index (χ0n) is 24.4. The number of esters is 2. The average Bonchev–Trinajstić information content (AvgIpc) is 2.97. The molecule has 0 spiro atoms. The minimum atomic E-state index is -0.398. The minimum absolute atomic E-state index is 0.135. The first-order chi connectivity index (χ1) is 19.8. The first kappa shape index (κ1) is 29.6. The van der Waals surface area contributed by atoms with E-state index in [1.165, 1.54) is 11.3 Å². The van der Waals surface area contributed by atoms with Crippen molar-refractivity contribution in [3.05, 3.63) is 131 Å². The summed E-state index contributed by atoms with van der Waals surface area (Å²) in [7, 11) is 0. The van der Waals surface area contributed by atoms with Crippen LogP contribution in [-0.2, 0) is 24.2 Å². The second-order valence-corrected chi connectivity index (χ2v) is 10.8. The number of anilines is 1. The molecule has 0 radical (unpaired) electrons. The fraction of sp³-hybridized carbons (Fsp3) is 0.278. The maximum Gasteiger partial charge on any atom is 0.343 e. The Hall–Kier alpha value is -4.38. The van der Waals surface area contributed by atoms with Gasteiger partial charge in [-0.3, -0.25) is 0 Å². The molecule has 0 heterocycles. The second-order valence-electron chi connectivity index (χ2n) is 10.8. The van der Waals surface area contributed by atoms with Crippen LogP contribution in [0, 0.1) is 0 Å². The van der Waals surface area contributed by atoms with E-state index in [0.717, 1.165) is 24.0 Å². The molecule has 212 valence electrons. The quantitative estimate of drug-likeness (QED) is 0.132. The highest BCUT2D eigenvalue weighted by Gasteiger charge is 2.16. The van der Waals surface area contributed by atoms with Crippen molar-refractivity contribution in [2.45, 2.75) is 65.6 Å². The largest absolute Gasteiger partial charge is 0.457 e. The van der Waals surface area contributed by atoms with E-state index in [2.05, 4.69) is 56.9 Å². The summed E-state index contributed by atoms with van der Waals surface area (Å²) in [6.45, 7) is 9.00. The number of benzene rings is 4. The first-order valence-electron chi connectivity index (χ1n) is 14.3. The van der Waals surface area contributed by atoms with Gasteiger partial charge >= 0.3 is 11.9 Å². The highest BCUT2D eigenvalue weighted by atomic mass is 16.5. The summed E-state index contributed by atoms with van der Waals surface area (Å²) in [6.07, 6.45) is 2.47. The van der Waals surface area contributed by atoms with E-state index >= 15 is 0 Å². The molecule has 5 heteroatoms. The van der Waals surface area contributed by atoms with Crippen molar-refractivity contribution >= 4 is 17.6 Å². The van der Waals surface area contributed by atoms with E-state index in [-0.39, 0.29) is 12.6 Å². The summed E-state index contributed by atoms with van der Waals surface area (Å²) >= 11 is 0. The van der Waals surface area contributed by atoms with E-state index in [1.807, 2.05) is 48.5 Å². The number of carbonyl (C=O) groups is 2. The normalized spacial score (nSPS) is 11.0. The molecular weight excluding hydrogens is 510 g/mol. The van der Waals surface area contributed by atoms with Crippen molar-refractivity contribution < 1.29 is 19.1 Å². The van der Waals surface area contributed by atoms with Gasteiger partial charge in [0.1, 0.15) is 12.4 Å². The molecule has 0 amide bonds. The van der Waals surface area contributed by atoms with Crippen molar-refractivity contribution in [2.75, 3.05) is 4.90 Å². The van der Waals surface area contributed by atoms with Crippen LogP contribution in [0.3, 0.4) is 0 Å². The van der Waals surface area contributed by atoms with Gasteiger partial charge in [-0.05, 0) is 112 Å². The van der Waals surface area contributed by atoms with Gasteiger partial charge in [-0.2, -0.15) is 0 Å². The van der Waals surface area contributed by atoms with Gasteiger partial charge in [-0.1, -0.05) is 54.6 Å². The summed E-state index contributed by atoms with van der Waals surface area (Å²) in [5.41, 5.74) is 5.25. The summed E-state index contributed by atoms with van der Waals surface area (Å²) in [6, 6.07) is 33.1. The lowest BCUT2D eigenvalue weighted by Gasteiger charge is -2.33. The van der Waals surface area contributed by atoms with Crippen LogP contribution in [0.4, 0.5) is 5.69 Å². The molecular formula is C36H39NO4. The zero-order chi connectivity index (χ0) is 29.2. The molecule has 0 aliphatic heterocycles. The van der Waals surface area contributed by atoms with Crippen LogP contribution in [0.5, 0.6) is 5.75 Å². The van der Waals surface area contributed by atoms with Crippen molar-refractivity contribution in [3.63, 3.8) is 0 Å². The molecule has 0 aliphatic rings. The number of hydrogen-bond donors (Lipinski definition) is 0. The van der Waals surface area contributed by atoms with Crippen molar-refractivity contribution in [1.29, 1.82) is 0 Å². The third-order valence-electron chi connectivity index (χ3n) is 6.95. The van der Waals surface area contributed by atoms with Crippen LogP contribution in [0.1, 0.15) is 71.5 Å². The van der Waals surface area contributed by atoms with E-state index < -0.39 is 5.97 Å². The lowest BCUT2D eigenvalue weighted by molar-refractivity contribution is 0.0472. The maximum absolute atomic E-state index is 12.8. The molecule has 4 rings (SSSR count). The van der Waals surface area contributed by atoms with Crippen LogP contribution in [0.25, 0.3) is 0 Å².